The van der Waals surface area contributed by atoms with E-state index in [0.717, 1.165) is 25.1 Å². The lowest BCUT2D eigenvalue weighted by Gasteiger charge is -2.18. The van der Waals surface area contributed by atoms with E-state index in [1.165, 1.54) is 16.8 Å². The Bertz CT molecular complexity index is 545. The summed E-state index contributed by atoms with van der Waals surface area (Å²) in [6.07, 6.45) is 5.78. The van der Waals surface area contributed by atoms with Crippen molar-refractivity contribution < 1.29 is 0 Å². The van der Waals surface area contributed by atoms with Crippen LogP contribution >= 0.6 is 0 Å². The van der Waals surface area contributed by atoms with Gasteiger partial charge in [-0.1, -0.05) is 13.0 Å². The van der Waals surface area contributed by atoms with E-state index >= 15 is 0 Å². The van der Waals surface area contributed by atoms with Gasteiger partial charge in [0.2, 0.25) is 0 Å². The molecule has 4 heteroatoms. The zero-order valence-corrected chi connectivity index (χ0v) is 12.8. The minimum Gasteiger partial charge on any atom is -0.314 e. The number of rotatable bonds is 6. The molecule has 0 amide bonds. The Morgan fingerprint density at radius 2 is 2.10 bits per heavy atom. The third-order valence-electron chi connectivity index (χ3n) is 3.81. The monoisotopic (exact) mass is 272 g/mol. The summed E-state index contributed by atoms with van der Waals surface area (Å²) in [5.74, 6) is 0. The third kappa shape index (κ3) is 3.45. The highest BCUT2D eigenvalue weighted by molar-refractivity contribution is 5.26. The van der Waals surface area contributed by atoms with Crippen LogP contribution in [0.2, 0.25) is 0 Å². The number of pyridine rings is 1. The molecule has 0 saturated carbocycles. The Labute approximate surface area is 121 Å². The lowest BCUT2D eigenvalue weighted by molar-refractivity contribution is 0.519. The van der Waals surface area contributed by atoms with Crippen LogP contribution in [-0.2, 0) is 19.9 Å². The molecular weight excluding hydrogens is 248 g/mol. The molecule has 2 heterocycles. The van der Waals surface area contributed by atoms with Crippen molar-refractivity contribution in [3.8, 4) is 0 Å². The molecule has 0 radical (unpaired) electrons. The molecule has 2 aromatic heterocycles. The van der Waals surface area contributed by atoms with E-state index in [2.05, 4.69) is 42.2 Å². The third-order valence-corrected chi connectivity index (χ3v) is 3.81. The molecule has 2 aromatic rings. The van der Waals surface area contributed by atoms with Crippen LogP contribution in [0.15, 0.2) is 24.5 Å². The van der Waals surface area contributed by atoms with Gasteiger partial charge in [0.15, 0.2) is 0 Å². The van der Waals surface area contributed by atoms with Crippen LogP contribution < -0.4 is 5.32 Å². The lowest BCUT2D eigenvalue weighted by Crippen LogP contribution is -2.33. The molecule has 0 aliphatic carbocycles. The summed E-state index contributed by atoms with van der Waals surface area (Å²) in [7, 11) is 2.01. The molecule has 0 saturated heterocycles. The van der Waals surface area contributed by atoms with Crippen molar-refractivity contribution in [1.82, 2.24) is 20.1 Å². The highest BCUT2D eigenvalue weighted by Crippen LogP contribution is 2.16. The van der Waals surface area contributed by atoms with Crippen LogP contribution in [0.1, 0.15) is 29.4 Å². The van der Waals surface area contributed by atoms with Gasteiger partial charge in [0.05, 0.1) is 5.69 Å². The van der Waals surface area contributed by atoms with Crippen molar-refractivity contribution >= 4 is 0 Å². The summed E-state index contributed by atoms with van der Waals surface area (Å²) < 4.78 is 1.97. The average Bonchev–Trinajstić information content (AvgIpc) is 2.67. The van der Waals surface area contributed by atoms with Gasteiger partial charge in [-0.2, -0.15) is 5.10 Å². The topological polar surface area (TPSA) is 42.7 Å². The Hall–Kier alpha value is -1.68. The van der Waals surface area contributed by atoms with Crippen molar-refractivity contribution in [1.29, 1.82) is 0 Å². The maximum Gasteiger partial charge on any atom is 0.0628 e. The molecule has 4 nitrogen and oxygen atoms in total. The van der Waals surface area contributed by atoms with E-state index in [1.807, 2.05) is 30.2 Å². The fourth-order valence-corrected chi connectivity index (χ4v) is 2.67. The van der Waals surface area contributed by atoms with E-state index in [-0.39, 0.29) is 0 Å². The molecule has 0 aliphatic rings. The molecule has 108 valence electrons. The number of hydrogen-bond acceptors (Lipinski definition) is 3. The molecular formula is C16H24N4. The first-order chi connectivity index (χ1) is 9.61. The van der Waals surface area contributed by atoms with E-state index in [9.17, 15) is 0 Å². The van der Waals surface area contributed by atoms with Gasteiger partial charge in [-0.05, 0) is 50.4 Å². The highest BCUT2D eigenvalue weighted by Gasteiger charge is 2.16. The minimum atomic E-state index is 0.422. The molecule has 0 spiro atoms. The number of nitrogens with zero attached hydrogens (tertiary/aromatic N) is 3. The summed E-state index contributed by atoms with van der Waals surface area (Å²) in [5, 5.41) is 8.09. The van der Waals surface area contributed by atoms with Gasteiger partial charge in [-0.25, -0.2) is 0 Å². The molecule has 1 unspecified atom stereocenters. The Balaban J connectivity index is 2.13. The van der Waals surface area contributed by atoms with Crippen LogP contribution in [0, 0.1) is 13.8 Å². The SMILES string of the molecule is CCNC(Cc1cccnc1)Cc1c(C)nn(C)c1C. The van der Waals surface area contributed by atoms with Gasteiger partial charge in [0.25, 0.3) is 0 Å². The van der Waals surface area contributed by atoms with E-state index in [1.54, 1.807) is 0 Å². The van der Waals surface area contributed by atoms with Crippen LogP contribution in [-0.4, -0.2) is 27.4 Å². The molecule has 0 aromatic carbocycles. The fraction of sp³-hybridized carbons (Fsp3) is 0.500. The standard InChI is InChI=1S/C16H24N4/c1-5-18-15(9-14-7-6-8-17-11-14)10-16-12(2)19-20(4)13(16)3/h6-8,11,15,18H,5,9-10H2,1-4H3. The summed E-state index contributed by atoms with van der Waals surface area (Å²) in [6, 6.07) is 4.56. The van der Waals surface area contributed by atoms with Crippen molar-refractivity contribution in [3.63, 3.8) is 0 Å². The number of hydrogen-bond donors (Lipinski definition) is 1. The van der Waals surface area contributed by atoms with E-state index in [0.29, 0.717) is 6.04 Å². The molecule has 20 heavy (non-hydrogen) atoms. The van der Waals surface area contributed by atoms with Gasteiger partial charge in [-0.3, -0.25) is 9.67 Å². The molecule has 1 N–H and O–H groups in total. The zero-order chi connectivity index (χ0) is 14.5. The summed E-state index contributed by atoms with van der Waals surface area (Å²) >= 11 is 0. The maximum atomic E-state index is 4.51. The number of nitrogens with one attached hydrogen (secondary N) is 1. The average molecular weight is 272 g/mol. The Morgan fingerprint density at radius 1 is 1.30 bits per heavy atom. The van der Waals surface area contributed by atoms with Crippen molar-refractivity contribution in [2.75, 3.05) is 6.54 Å². The highest BCUT2D eigenvalue weighted by atomic mass is 15.3. The van der Waals surface area contributed by atoms with Crippen LogP contribution in [0.3, 0.4) is 0 Å². The minimum absolute atomic E-state index is 0.422. The lowest BCUT2D eigenvalue weighted by atomic mass is 9.98. The van der Waals surface area contributed by atoms with Crippen LogP contribution in [0.25, 0.3) is 0 Å². The second kappa shape index (κ2) is 6.66. The second-order valence-corrected chi connectivity index (χ2v) is 5.30. The Morgan fingerprint density at radius 3 is 2.65 bits per heavy atom. The quantitative estimate of drug-likeness (QED) is 0.876. The normalized spacial score (nSPS) is 12.6. The molecule has 2 rings (SSSR count). The van der Waals surface area contributed by atoms with Gasteiger partial charge in [0, 0.05) is 31.2 Å². The van der Waals surface area contributed by atoms with Crippen LogP contribution in [0.5, 0.6) is 0 Å². The van der Waals surface area contributed by atoms with Crippen LogP contribution in [0.4, 0.5) is 0 Å². The fourth-order valence-electron chi connectivity index (χ4n) is 2.67. The largest absolute Gasteiger partial charge is 0.314 e. The first kappa shape index (κ1) is 14.7. The zero-order valence-electron chi connectivity index (χ0n) is 12.8. The van der Waals surface area contributed by atoms with E-state index in [4.69, 9.17) is 0 Å². The van der Waals surface area contributed by atoms with E-state index < -0.39 is 0 Å². The summed E-state index contributed by atoms with van der Waals surface area (Å²) in [4.78, 5) is 4.20. The second-order valence-electron chi connectivity index (χ2n) is 5.30. The first-order valence-corrected chi connectivity index (χ1v) is 7.23. The Kier molecular flexibility index (Phi) is 4.90. The number of aromatic nitrogens is 3. The van der Waals surface area contributed by atoms with Gasteiger partial charge in [0.1, 0.15) is 0 Å². The smallest absolute Gasteiger partial charge is 0.0628 e. The maximum absolute atomic E-state index is 4.51. The van der Waals surface area contributed by atoms with Crippen molar-refractivity contribution in [3.05, 3.63) is 47.0 Å². The van der Waals surface area contributed by atoms with Gasteiger partial charge >= 0.3 is 0 Å². The van der Waals surface area contributed by atoms with Crippen molar-refractivity contribution in [2.45, 2.75) is 39.7 Å². The van der Waals surface area contributed by atoms with Gasteiger partial charge in [-0.15, -0.1) is 0 Å². The van der Waals surface area contributed by atoms with Crippen molar-refractivity contribution in [2.24, 2.45) is 7.05 Å². The molecule has 0 fully saturated rings. The number of likely N-dealkylation sites (N-methyl/N-ethyl adjacent to an activating group) is 1. The summed E-state index contributed by atoms with van der Waals surface area (Å²) in [6.45, 7) is 7.36. The van der Waals surface area contributed by atoms with Gasteiger partial charge < -0.3 is 5.32 Å². The number of aryl methyl sites for hydroxylation is 2. The molecule has 0 aliphatic heterocycles. The predicted molar refractivity (Wildman–Crippen MR) is 81.8 cm³/mol. The first-order valence-electron chi connectivity index (χ1n) is 7.23. The summed E-state index contributed by atoms with van der Waals surface area (Å²) in [5.41, 5.74) is 5.04. The molecule has 1 atom stereocenters. The predicted octanol–water partition coefficient (Wildman–Crippen LogP) is 2.20. The molecule has 0 bridgehead atoms.